The minimum absolute atomic E-state index is 0.0403. The van der Waals surface area contributed by atoms with Crippen LogP contribution < -0.4 is 5.32 Å². The van der Waals surface area contributed by atoms with Gasteiger partial charge in [-0.3, -0.25) is 10.1 Å². The molecule has 0 atom stereocenters. The van der Waals surface area contributed by atoms with Crippen molar-refractivity contribution in [3.05, 3.63) is 78.3 Å². The molecule has 3 N–H and O–H groups in total. The summed E-state index contributed by atoms with van der Waals surface area (Å²) in [5.41, 5.74) is 0.104. The smallest absolute Gasteiger partial charge is 0.261 e. The standard InChI is InChI=1S/C21H13N11O2/c1-22-15-10-27-32(21-23-7-4-8-24-21)18(15)30-29-16-13-6-3-2-5-12(13)9-14(17(16)33)19(34)28-20-25-11-26-31-20/h2-11,33H,(H2,25,26,28,31,34)/b30-29+. The van der Waals surface area contributed by atoms with Gasteiger partial charge in [0.2, 0.25) is 5.95 Å². The van der Waals surface area contributed by atoms with Crippen molar-refractivity contribution in [3.8, 4) is 11.7 Å². The minimum atomic E-state index is -0.624. The number of aromatic amines is 1. The predicted molar refractivity (Wildman–Crippen MR) is 120 cm³/mol. The Kier molecular flexibility index (Phi) is 5.13. The van der Waals surface area contributed by atoms with Gasteiger partial charge in [0.05, 0.1) is 18.3 Å². The quantitative estimate of drug-likeness (QED) is 0.270. The van der Waals surface area contributed by atoms with Gasteiger partial charge in [0.25, 0.3) is 17.5 Å². The Balaban J connectivity index is 1.62. The number of azo groups is 1. The Labute approximate surface area is 190 Å². The Morgan fingerprint density at radius 2 is 1.97 bits per heavy atom. The molecule has 0 bridgehead atoms. The van der Waals surface area contributed by atoms with Crippen LogP contribution in [0.1, 0.15) is 10.4 Å². The number of hydrogen-bond acceptors (Lipinski definition) is 9. The number of carbonyl (C=O) groups excluding carboxylic acids is 1. The van der Waals surface area contributed by atoms with Gasteiger partial charge in [-0.15, -0.1) is 10.2 Å². The summed E-state index contributed by atoms with van der Waals surface area (Å²) in [5, 5.41) is 33.4. The van der Waals surface area contributed by atoms with Crippen LogP contribution in [0.15, 0.2) is 71.5 Å². The van der Waals surface area contributed by atoms with Gasteiger partial charge in [0.15, 0.2) is 11.6 Å². The van der Waals surface area contributed by atoms with E-state index in [-0.39, 0.29) is 34.7 Å². The number of nitrogens with one attached hydrogen (secondary N) is 2. The fraction of sp³-hybridized carbons (Fsp3) is 0. The molecule has 164 valence electrons. The van der Waals surface area contributed by atoms with E-state index in [4.69, 9.17) is 6.57 Å². The highest BCUT2D eigenvalue weighted by molar-refractivity contribution is 6.11. The van der Waals surface area contributed by atoms with Crippen molar-refractivity contribution in [1.82, 2.24) is 34.9 Å². The molecular formula is C21H13N11O2. The van der Waals surface area contributed by atoms with E-state index < -0.39 is 11.7 Å². The molecule has 0 saturated carbocycles. The van der Waals surface area contributed by atoms with Crippen LogP contribution in [0.2, 0.25) is 0 Å². The summed E-state index contributed by atoms with van der Waals surface area (Å²) >= 11 is 0. The summed E-state index contributed by atoms with van der Waals surface area (Å²) in [6.45, 7) is 7.41. The first-order valence-electron chi connectivity index (χ1n) is 9.71. The van der Waals surface area contributed by atoms with Crippen LogP contribution in [-0.4, -0.2) is 45.9 Å². The fourth-order valence-corrected chi connectivity index (χ4v) is 3.18. The number of aromatic nitrogens is 7. The lowest BCUT2D eigenvalue weighted by Gasteiger charge is -2.10. The lowest BCUT2D eigenvalue weighted by molar-refractivity contribution is 0.102. The van der Waals surface area contributed by atoms with Gasteiger partial charge in [-0.25, -0.2) is 19.9 Å². The third kappa shape index (κ3) is 3.67. The van der Waals surface area contributed by atoms with E-state index in [9.17, 15) is 9.90 Å². The van der Waals surface area contributed by atoms with Crippen molar-refractivity contribution in [2.45, 2.75) is 0 Å². The Morgan fingerprint density at radius 1 is 1.15 bits per heavy atom. The minimum Gasteiger partial charge on any atom is -0.505 e. The number of aromatic hydroxyl groups is 1. The summed E-state index contributed by atoms with van der Waals surface area (Å²) < 4.78 is 1.26. The van der Waals surface area contributed by atoms with Gasteiger partial charge in [0.1, 0.15) is 12.0 Å². The number of rotatable bonds is 5. The van der Waals surface area contributed by atoms with Crippen LogP contribution in [0.5, 0.6) is 5.75 Å². The highest BCUT2D eigenvalue weighted by Gasteiger charge is 2.20. The zero-order valence-corrected chi connectivity index (χ0v) is 17.2. The summed E-state index contributed by atoms with van der Waals surface area (Å²) in [6.07, 6.45) is 5.61. The fourth-order valence-electron chi connectivity index (χ4n) is 3.18. The molecule has 0 aliphatic rings. The number of phenols is 1. The van der Waals surface area contributed by atoms with Crippen LogP contribution >= 0.6 is 0 Å². The van der Waals surface area contributed by atoms with Crippen molar-refractivity contribution in [2.75, 3.05) is 5.32 Å². The number of nitrogens with zero attached hydrogens (tertiary/aromatic N) is 9. The first kappa shape index (κ1) is 20.4. The van der Waals surface area contributed by atoms with Crippen LogP contribution in [0.4, 0.5) is 23.1 Å². The van der Waals surface area contributed by atoms with Crippen LogP contribution in [-0.2, 0) is 0 Å². The zero-order chi connectivity index (χ0) is 23.5. The monoisotopic (exact) mass is 451 g/mol. The molecule has 0 aliphatic heterocycles. The Morgan fingerprint density at radius 3 is 2.74 bits per heavy atom. The van der Waals surface area contributed by atoms with Crippen molar-refractivity contribution in [2.24, 2.45) is 10.2 Å². The van der Waals surface area contributed by atoms with Crippen LogP contribution in [0.3, 0.4) is 0 Å². The summed E-state index contributed by atoms with van der Waals surface area (Å²) in [5.74, 6) is -0.636. The second-order valence-electron chi connectivity index (χ2n) is 6.76. The van der Waals surface area contributed by atoms with Gasteiger partial charge in [-0.05, 0) is 17.5 Å². The second-order valence-corrected chi connectivity index (χ2v) is 6.76. The lowest BCUT2D eigenvalue weighted by atomic mass is 10.0. The highest BCUT2D eigenvalue weighted by Crippen LogP contribution is 2.40. The first-order chi connectivity index (χ1) is 16.7. The van der Waals surface area contributed by atoms with E-state index in [0.29, 0.717) is 10.8 Å². The maximum atomic E-state index is 12.8. The first-order valence-corrected chi connectivity index (χ1v) is 9.71. The molecule has 13 nitrogen and oxygen atoms in total. The van der Waals surface area contributed by atoms with Gasteiger partial charge >= 0.3 is 0 Å². The largest absolute Gasteiger partial charge is 0.505 e. The van der Waals surface area contributed by atoms with E-state index in [1.807, 2.05) is 0 Å². The number of hydrogen-bond donors (Lipinski definition) is 3. The molecule has 2 aromatic carbocycles. The van der Waals surface area contributed by atoms with E-state index in [1.54, 1.807) is 30.3 Å². The number of H-pyrrole nitrogens is 1. The highest BCUT2D eigenvalue weighted by atomic mass is 16.3. The maximum Gasteiger partial charge on any atom is 0.261 e. The third-order valence-electron chi connectivity index (χ3n) is 4.72. The van der Waals surface area contributed by atoms with E-state index in [2.05, 4.69) is 50.6 Å². The average molecular weight is 451 g/mol. The Bertz CT molecular complexity index is 1570. The molecule has 0 spiro atoms. The number of benzene rings is 2. The molecule has 0 radical (unpaired) electrons. The molecule has 5 aromatic rings. The SMILES string of the molecule is [C-]#[N+]c1cnn(-c2ncccn2)c1/N=N/c1c(O)c(C(=O)Nc2ncn[nH]2)cc2ccccc12. The molecule has 0 saturated heterocycles. The molecule has 3 aromatic heterocycles. The lowest BCUT2D eigenvalue weighted by Crippen LogP contribution is -2.13. The van der Waals surface area contributed by atoms with Crippen molar-refractivity contribution < 1.29 is 9.90 Å². The molecule has 0 fully saturated rings. The van der Waals surface area contributed by atoms with E-state index >= 15 is 0 Å². The maximum absolute atomic E-state index is 12.8. The van der Waals surface area contributed by atoms with Crippen molar-refractivity contribution >= 4 is 39.8 Å². The van der Waals surface area contributed by atoms with Gasteiger partial charge in [-0.1, -0.05) is 24.3 Å². The average Bonchev–Trinajstić information content (AvgIpc) is 3.53. The van der Waals surface area contributed by atoms with Gasteiger partial charge in [-0.2, -0.15) is 19.9 Å². The normalized spacial score (nSPS) is 11.0. The van der Waals surface area contributed by atoms with E-state index in [1.165, 1.54) is 35.7 Å². The molecule has 13 heteroatoms. The van der Waals surface area contributed by atoms with Crippen molar-refractivity contribution in [1.29, 1.82) is 0 Å². The topological polar surface area (TPSA) is 164 Å². The zero-order valence-electron chi connectivity index (χ0n) is 17.2. The number of amides is 1. The molecular weight excluding hydrogens is 438 g/mol. The molecule has 5 rings (SSSR count). The number of phenolic OH excluding ortho intramolecular Hbond substituents is 1. The third-order valence-corrected chi connectivity index (χ3v) is 4.72. The summed E-state index contributed by atoms with van der Waals surface area (Å²) in [4.78, 5) is 28.3. The van der Waals surface area contributed by atoms with Crippen LogP contribution in [0, 0.1) is 6.57 Å². The molecule has 34 heavy (non-hydrogen) atoms. The van der Waals surface area contributed by atoms with Gasteiger partial charge < -0.3 is 5.11 Å². The summed E-state index contributed by atoms with van der Waals surface area (Å²) in [7, 11) is 0. The van der Waals surface area contributed by atoms with Crippen LogP contribution in [0.25, 0.3) is 21.6 Å². The number of carbonyl (C=O) groups is 1. The number of fused-ring (bicyclic) bond motifs is 1. The molecule has 3 heterocycles. The van der Waals surface area contributed by atoms with Crippen molar-refractivity contribution in [3.63, 3.8) is 0 Å². The predicted octanol–water partition coefficient (Wildman–Crippen LogP) is 3.86. The molecule has 0 aliphatic carbocycles. The Hall–Kier alpha value is -5.51. The van der Waals surface area contributed by atoms with E-state index in [0.717, 1.165) is 0 Å². The second kappa shape index (κ2) is 8.55. The molecule has 1 amide bonds. The molecule has 0 unspecified atom stereocenters. The summed E-state index contributed by atoms with van der Waals surface area (Å²) in [6, 6.07) is 10.2. The number of anilines is 1. The van der Waals surface area contributed by atoms with Gasteiger partial charge in [0, 0.05) is 17.8 Å².